The van der Waals surface area contributed by atoms with Gasteiger partial charge in [0.25, 0.3) is 10.0 Å². The zero-order valence-corrected chi connectivity index (χ0v) is 18.4. The summed E-state index contributed by atoms with van der Waals surface area (Å²) >= 11 is 6.88. The maximum Gasteiger partial charge on any atom is 0.322 e. The largest absolute Gasteiger partial charge is 0.403 e. The van der Waals surface area contributed by atoms with Crippen LogP contribution in [-0.2, 0) is 14.8 Å². The van der Waals surface area contributed by atoms with Crippen LogP contribution >= 0.6 is 22.9 Å². The Morgan fingerprint density at radius 1 is 1.30 bits per heavy atom. The summed E-state index contributed by atoms with van der Waals surface area (Å²) in [4.78, 5) is 12.7. The number of carbonyl (C=O) groups excluding carboxylic acids is 1. The molecule has 11 heteroatoms. The van der Waals surface area contributed by atoms with Gasteiger partial charge in [-0.25, -0.2) is 8.42 Å². The van der Waals surface area contributed by atoms with Crippen LogP contribution in [0.25, 0.3) is 11.5 Å². The highest BCUT2D eigenvalue weighted by Crippen LogP contribution is 2.31. The Labute approximate surface area is 182 Å². The lowest BCUT2D eigenvalue weighted by atomic mass is 9.99. The van der Waals surface area contributed by atoms with E-state index in [1.165, 1.54) is 10.4 Å². The van der Waals surface area contributed by atoms with Gasteiger partial charge in [-0.2, -0.15) is 4.31 Å². The van der Waals surface area contributed by atoms with E-state index >= 15 is 0 Å². The summed E-state index contributed by atoms with van der Waals surface area (Å²) in [6.45, 7) is 2.40. The molecular weight excluding hydrogens is 448 g/mol. The quantitative estimate of drug-likeness (QED) is 0.613. The van der Waals surface area contributed by atoms with Crippen molar-refractivity contribution in [2.45, 2.75) is 24.0 Å². The Morgan fingerprint density at radius 3 is 2.87 bits per heavy atom. The van der Waals surface area contributed by atoms with Gasteiger partial charge in [0.15, 0.2) is 0 Å². The van der Waals surface area contributed by atoms with Crippen LogP contribution in [0.2, 0.25) is 4.34 Å². The van der Waals surface area contributed by atoms with E-state index in [0.29, 0.717) is 29.6 Å². The van der Waals surface area contributed by atoms with Gasteiger partial charge in [-0.1, -0.05) is 34.4 Å². The Balaban J connectivity index is 1.44. The molecule has 0 bridgehead atoms. The number of sulfonamides is 1. The van der Waals surface area contributed by atoms with Gasteiger partial charge in [-0.15, -0.1) is 16.4 Å². The summed E-state index contributed by atoms with van der Waals surface area (Å²) < 4.78 is 33.1. The van der Waals surface area contributed by atoms with Crippen LogP contribution in [0.1, 0.15) is 18.4 Å². The molecule has 1 amide bonds. The number of thiophene rings is 1. The van der Waals surface area contributed by atoms with E-state index in [-0.39, 0.29) is 22.7 Å². The lowest BCUT2D eigenvalue weighted by Crippen LogP contribution is -2.43. The van der Waals surface area contributed by atoms with Crippen molar-refractivity contribution in [1.82, 2.24) is 14.5 Å². The van der Waals surface area contributed by atoms with Crippen LogP contribution in [0.4, 0.5) is 6.01 Å². The van der Waals surface area contributed by atoms with Crippen LogP contribution in [0, 0.1) is 12.8 Å². The van der Waals surface area contributed by atoms with E-state index in [2.05, 4.69) is 15.5 Å². The van der Waals surface area contributed by atoms with Crippen LogP contribution < -0.4 is 5.32 Å². The summed E-state index contributed by atoms with van der Waals surface area (Å²) in [6.07, 6.45) is 1.15. The van der Waals surface area contributed by atoms with Gasteiger partial charge in [0.2, 0.25) is 11.8 Å². The zero-order valence-electron chi connectivity index (χ0n) is 16.0. The number of rotatable bonds is 5. The molecule has 2 aromatic heterocycles. The number of carbonyl (C=O) groups is 1. The maximum absolute atomic E-state index is 12.8. The first-order valence-electron chi connectivity index (χ1n) is 9.30. The van der Waals surface area contributed by atoms with Crippen molar-refractivity contribution in [2.75, 3.05) is 18.4 Å². The van der Waals surface area contributed by atoms with Crippen molar-refractivity contribution in [2.24, 2.45) is 5.92 Å². The van der Waals surface area contributed by atoms with Gasteiger partial charge in [0.1, 0.15) is 4.21 Å². The molecule has 0 spiro atoms. The lowest BCUT2D eigenvalue weighted by molar-refractivity contribution is -0.121. The Morgan fingerprint density at radius 2 is 2.13 bits per heavy atom. The summed E-state index contributed by atoms with van der Waals surface area (Å²) in [5.74, 6) is -0.562. The third kappa shape index (κ3) is 4.41. The second-order valence-corrected chi connectivity index (χ2v) is 10.9. The molecule has 3 aromatic rings. The number of hydrogen-bond acceptors (Lipinski definition) is 7. The number of benzene rings is 1. The van der Waals surface area contributed by atoms with Crippen molar-refractivity contribution in [1.29, 1.82) is 0 Å². The van der Waals surface area contributed by atoms with Crippen LogP contribution in [0.5, 0.6) is 0 Å². The summed E-state index contributed by atoms with van der Waals surface area (Å²) in [7, 11) is -3.68. The van der Waals surface area contributed by atoms with Crippen molar-refractivity contribution in [3.8, 4) is 11.5 Å². The minimum atomic E-state index is -3.68. The molecule has 3 heterocycles. The number of nitrogens with zero attached hydrogens (tertiary/aromatic N) is 3. The molecule has 1 N–H and O–H groups in total. The zero-order chi connectivity index (χ0) is 21.3. The SMILES string of the molecule is Cc1cccc(-c2nnc(NC(=O)C3CCCN(S(=O)(=O)c4ccc(Cl)s4)C3)o2)c1. The second kappa shape index (κ2) is 8.46. The lowest BCUT2D eigenvalue weighted by Gasteiger charge is -2.30. The van der Waals surface area contributed by atoms with E-state index in [4.69, 9.17) is 16.0 Å². The number of aromatic nitrogens is 2. The summed E-state index contributed by atoms with van der Waals surface area (Å²) in [5, 5.41) is 10.5. The monoisotopic (exact) mass is 466 g/mol. The fourth-order valence-electron chi connectivity index (χ4n) is 3.31. The fourth-order valence-corrected chi connectivity index (χ4v) is 6.48. The molecule has 1 aliphatic heterocycles. The molecule has 1 saturated heterocycles. The molecule has 1 aromatic carbocycles. The van der Waals surface area contributed by atoms with Crippen LogP contribution in [0.3, 0.4) is 0 Å². The van der Waals surface area contributed by atoms with Gasteiger partial charge >= 0.3 is 6.01 Å². The molecule has 0 aliphatic carbocycles. The normalized spacial score (nSPS) is 17.7. The van der Waals surface area contributed by atoms with Gasteiger partial charge < -0.3 is 4.42 Å². The highest BCUT2D eigenvalue weighted by Gasteiger charge is 2.34. The molecular formula is C19H19ClN4O4S2. The minimum Gasteiger partial charge on any atom is -0.403 e. The topological polar surface area (TPSA) is 105 Å². The molecule has 0 saturated carbocycles. The highest BCUT2D eigenvalue weighted by molar-refractivity contribution is 7.91. The van der Waals surface area contributed by atoms with E-state index in [1.54, 1.807) is 6.07 Å². The Kier molecular flexibility index (Phi) is 5.92. The van der Waals surface area contributed by atoms with E-state index in [1.807, 2.05) is 31.2 Å². The predicted octanol–water partition coefficient (Wildman–Crippen LogP) is 3.80. The van der Waals surface area contributed by atoms with E-state index < -0.39 is 15.9 Å². The van der Waals surface area contributed by atoms with Crippen molar-refractivity contribution >= 4 is 44.9 Å². The van der Waals surface area contributed by atoms with Crippen LogP contribution in [0.15, 0.2) is 45.0 Å². The van der Waals surface area contributed by atoms with Crippen LogP contribution in [-0.4, -0.2) is 41.9 Å². The third-order valence-electron chi connectivity index (χ3n) is 4.82. The van der Waals surface area contributed by atoms with Gasteiger partial charge in [0.05, 0.1) is 10.3 Å². The third-order valence-corrected chi connectivity index (χ3v) is 8.38. The molecule has 1 fully saturated rings. The molecule has 4 rings (SSSR count). The van der Waals surface area contributed by atoms with Crippen molar-refractivity contribution in [3.05, 3.63) is 46.3 Å². The number of nitrogens with one attached hydrogen (secondary N) is 1. The Hall–Kier alpha value is -2.27. The number of hydrogen-bond donors (Lipinski definition) is 1. The molecule has 0 radical (unpaired) electrons. The number of halogens is 1. The average Bonchev–Trinajstić information content (AvgIpc) is 3.37. The van der Waals surface area contributed by atoms with Crippen molar-refractivity contribution in [3.63, 3.8) is 0 Å². The number of piperidine rings is 1. The molecule has 158 valence electrons. The molecule has 30 heavy (non-hydrogen) atoms. The predicted molar refractivity (Wildman–Crippen MR) is 114 cm³/mol. The molecule has 1 unspecified atom stereocenters. The van der Waals surface area contributed by atoms with Gasteiger partial charge in [-0.3, -0.25) is 10.1 Å². The van der Waals surface area contributed by atoms with Gasteiger partial charge in [0, 0.05) is 18.7 Å². The Bertz CT molecular complexity index is 1170. The molecule has 1 atom stereocenters. The second-order valence-electron chi connectivity index (χ2n) is 7.03. The first-order valence-corrected chi connectivity index (χ1v) is 11.9. The van der Waals surface area contributed by atoms with E-state index in [0.717, 1.165) is 22.5 Å². The molecule has 1 aliphatic rings. The first-order chi connectivity index (χ1) is 14.3. The van der Waals surface area contributed by atoms with Gasteiger partial charge in [-0.05, 0) is 44.0 Å². The minimum absolute atomic E-state index is 0.0125. The average molecular weight is 467 g/mol. The summed E-state index contributed by atoms with van der Waals surface area (Å²) in [5.41, 5.74) is 1.80. The fraction of sp³-hybridized carbons (Fsp3) is 0.316. The summed E-state index contributed by atoms with van der Waals surface area (Å²) in [6, 6.07) is 10.6. The standard InChI is InChI=1S/C19H19ClN4O4S2/c1-12-4-2-5-13(10-12)18-22-23-19(28-18)21-17(25)14-6-3-9-24(11-14)30(26,27)16-8-7-15(20)29-16/h2,4-5,7-8,10,14H,3,6,9,11H2,1H3,(H,21,23,25). The number of anilines is 1. The molecule has 8 nitrogen and oxygen atoms in total. The smallest absolute Gasteiger partial charge is 0.322 e. The number of aryl methyl sites for hydroxylation is 1. The number of amides is 1. The first kappa shape index (κ1) is 21.0. The van der Waals surface area contributed by atoms with E-state index in [9.17, 15) is 13.2 Å². The van der Waals surface area contributed by atoms with Crippen molar-refractivity contribution < 1.29 is 17.6 Å². The maximum atomic E-state index is 12.8. The highest BCUT2D eigenvalue weighted by atomic mass is 35.5.